The van der Waals surface area contributed by atoms with Crippen molar-refractivity contribution in [3.8, 4) is 0 Å². The van der Waals surface area contributed by atoms with E-state index < -0.39 is 0 Å². The fourth-order valence-corrected chi connectivity index (χ4v) is 5.62. The Morgan fingerprint density at radius 2 is 2.25 bits per heavy atom. The number of thiazole rings is 1. The molecule has 1 atom stereocenters. The van der Waals surface area contributed by atoms with Crippen LogP contribution in [0.15, 0.2) is 24.4 Å². The van der Waals surface area contributed by atoms with Crippen LogP contribution in [0, 0.1) is 0 Å². The topological polar surface area (TPSA) is 99.3 Å². The lowest BCUT2D eigenvalue weighted by Crippen LogP contribution is -2.48. The molecule has 2 amide bonds. The fraction of sp³-hybridized carbons (Fsp3) is 0.435. The number of benzene rings is 1. The van der Waals surface area contributed by atoms with E-state index in [-0.39, 0.29) is 23.4 Å². The number of nitrogens with one attached hydrogen (secondary N) is 3. The summed E-state index contributed by atoms with van der Waals surface area (Å²) in [6.07, 6.45) is 3.53. The van der Waals surface area contributed by atoms with Crippen molar-refractivity contribution >= 4 is 44.9 Å². The van der Waals surface area contributed by atoms with Gasteiger partial charge in [0.2, 0.25) is 5.91 Å². The number of ether oxygens (including phenoxy) is 1. The third-order valence-electron chi connectivity index (χ3n) is 5.97. The Morgan fingerprint density at radius 1 is 1.41 bits per heavy atom. The van der Waals surface area contributed by atoms with Crippen LogP contribution < -0.4 is 15.5 Å². The smallest absolute Gasteiger partial charge is 0.263 e. The van der Waals surface area contributed by atoms with Gasteiger partial charge in [-0.05, 0) is 44.0 Å². The molecule has 9 heteroatoms. The van der Waals surface area contributed by atoms with Crippen LogP contribution >= 0.6 is 11.3 Å². The molecular formula is C23H27N5O3S. The van der Waals surface area contributed by atoms with Crippen molar-refractivity contribution in [3.05, 3.63) is 40.5 Å². The van der Waals surface area contributed by atoms with Gasteiger partial charge in [-0.25, -0.2) is 4.98 Å². The normalized spacial score (nSPS) is 20.2. The van der Waals surface area contributed by atoms with Gasteiger partial charge < -0.3 is 25.3 Å². The summed E-state index contributed by atoms with van der Waals surface area (Å²) in [5.74, 6) is -0.125. The molecular weight excluding hydrogens is 426 g/mol. The first-order valence-electron chi connectivity index (χ1n) is 10.8. The van der Waals surface area contributed by atoms with E-state index in [0.29, 0.717) is 13.2 Å². The summed E-state index contributed by atoms with van der Waals surface area (Å²) in [4.78, 5) is 35.2. The quantitative estimate of drug-likeness (QED) is 0.564. The minimum atomic E-state index is -0.282. The molecule has 2 aromatic heterocycles. The monoisotopic (exact) mass is 453 g/mol. The van der Waals surface area contributed by atoms with E-state index in [1.54, 1.807) is 0 Å². The number of H-pyrrole nitrogens is 1. The summed E-state index contributed by atoms with van der Waals surface area (Å²) in [5, 5.41) is 7.89. The molecule has 0 spiro atoms. The average molecular weight is 454 g/mol. The molecule has 1 fully saturated rings. The second-order valence-electron chi connectivity index (χ2n) is 9.17. The highest BCUT2D eigenvalue weighted by Crippen LogP contribution is 2.34. The van der Waals surface area contributed by atoms with Crippen molar-refractivity contribution in [2.75, 3.05) is 30.0 Å². The Bertz CT molecular complexity index is 1200. The van der Waals surface area contributed by atoms with Gasteiger partial charge in [-0.3, -0.25) is 9.59 Å². The van der Waals surface area contributed by atoms with Crippen LogP contribution in [0.1, 0.15) is 41.7 Å². The Hall–Kier alpha value is -2.91. The van der Waals surface area contributed by atoms with Crippen molar-refractivity contribution in [2.24, 2.45) is 0 Å². The number of morpholine rings is 1. The van der Waals surface area contributed by atoms with Crippen LogP contribution in [0.4, 0.5) is 10.8 Å². The summed E-state index contributed by atoms with van der Waals surface area (Å²) >= 11 is 1.47. The molecule has 3 aromatic rings. The third-order valence-corrected chi connectivity index (χ3v) is 7.10. The van der Waals surface area contributed by atoms with Crippen molar-refractivity contribution in [2.45, 2.75) is 45.2 Å². The Kier molecular flexibility index (Phi) is 5.17. The van der Waals surface area contributed by atoms with Crippen LogP contribution in [0.25, 0.3) is 10.9 Å². The van der Waals surface area contributed by atoms with Crippen molar-refractivity contribution in [3.63, 3.8) is 0 Å². The van der Waals surface area contributed by atoms with Gasteiger partial charge in [-0.1, -0.05) is 11.3 Å². The molecule has 1 saturated heterocycles. The molecule has 3 N–H and O–H groups in total. The standard InChI is InChI=1S/C23H27N5O3S/c1-13(29)25-15-4-5-18-17(9-15)14(11-24-18)8-16-12-31-7-6-28(16)22-26-19-10-23(2,3)27-21(30)20(19)32-22/h4-5,9,11,16,24H,6-8,10,12H2,1-3H3,(H,25,29)(H,27,30)/t16-/m0/s1. The average Bonchev–Trinajstić information content (AvgIpc) is 3.31. The van der Waals surface area contributed by atoms with E-state index in [1.807, 2.05) is 38.2 Å². The van der Waals surface area contributed by atoms with Crippen LogP contribution in [-0.2, 0) is 22.4 Å². The van der Waals surface area contributed by atoms with Gasteiger partial charge in [0.1, 0.15) is 4.88 Å². The Balaban J connectivity index is 1.43. The molecule has 0 radical (unpaired) electrons. The molecule has 0 aliphatic carbocycles. The zero-order chi connectivity index (χ0) is 22.5. The van der Waals surface area contributed by atoms with Gasteiger partial charge >= 0.3 is 0 Å². The maximum Gasteiger partial charge on any atom is 0.263 e. The highest BCUT2D eigenvalue weighted by molar-refractivity contribution is 7.17. The largest absolute Gasteiger partial charge is 0.377 e. The number of aromatic nitrogens is 2. The van der Waals surface area contributed by atoms with Gasteiger partial charge in [0.25, 0.3) is 5.91 Å². The highest BCUT2D eigenvalue weighted by atomic mass is 32.1. The summed E-state index contributed by atoms with van der Waals surface area (Å²) in [6.45, 7) is 7.53. The van der Waals surface area contributed by atoms with Crippen LogP contribution in [-0.4, -0.2) is 53.1 Å². The maximum absolute atomic E-state index is 12.6. The van der Waals surface area contributed by atoms with Gasteiger partial charge in [0.15, 0.2) is 5.13 Å². The summed E-state index contributed by atoms with van der Waals surface area (Å²) in [7, 11) is 0. The minimum Gasteiger partial charge on any atom is -0.377 e. The third kappa shape index (κ3) is 3.98. The zero-order valence-electron chi connectivity index (χ0n) is 18.4. The van der Waals surface area contributed by atoms with E-state index >= 15 is 0 Å². The SMILES string of the molecule is CC(=O)Nc1ccc2[nH]cc(C[C@H]3COCCN3c3nc4c(s3)C(=O)NC(C)(C)C4)c2c1. The number of anilines is 2. The first-order chi connectivity index (χ1) is 15.3. The molecule has 0 saturated carbocycles. The van der Waals surface area contributed by atoms with Gasteiger partial charge in [-0.15, -0.1) is 0 Å². The van der Waals surface area contributed by atoms with Crippen LogP contribution in [0.3, 0.4) is 0 Å². The van der Waals surface area contributed by atoms with Gasteiger partial charge in [0.05, 0.1) is 24.9 Å². The lowest BCUT2D eigenvalue weighted by molar-refractivity contribution is -0.114. The maximum atomic E-state index is 12.6. The van der Waals surface area contributed by atoms with Crippen LogP contribution in [0.2, 0.25) is 0 Å². The van der Waals surface area contributed by atoms with Crippen molar-refractivity contribution in [1.29, 1.82) is 0 Å². The molecule has 0 unspecified atom stereocenters. The van der Waals surface area contributed by atoms with E-state index in [9.17, 15) is 9.59 Å². The van der Waals surface area contributed by atoms with Crippen molar-refractivity contribution in [1.82, 2.24) is 15.3 Å². The first-order valence-corrected chi connectivity index (χ1v) is 11.6. The molecule has 8 nitrogen and oxygen atoms in total. The summed E-state index contributed by atoms with van der Waals surface area (Å²) < 4.78 is 5.82. The summed E-state index contributed by atoms with van der Waals surface area (Å²) in [5.41, 5.74) is 3.57. The van der Waals surface area contributed by atoms with Crippen molar-refractivity contribution < 1.29 is 14.3 Å². The molecule has 5 rings (SSSR count). The van der Waals surface area contributed by atoms with E-state index in [0.717, 1.165) is 57.2 Å². The number of amides is 2. The summed E-state index contributed by atoms with van der Waals surface area (Å²) in [6, 6.07) is 5.99. The zero-order valence-corrected chi connectivity index (χ0v) is 19.3. The fourth-order valence-electron chi connectivity index (χ4n) is 4.54. The second-order valence-corrected chi connectivity index (χ2v) is 10.1. The number of carbonyl (C=O) groups is 2. The number of hydrogen-bond acceptors (Lipinski definition) is 6. The van der Waals surface area contributed by atoms with Gasteiger partial charge in [-0.2, -0.15) is 0 Å². The number of rotatable bonds is 4. The molecule has 0 bridgehead atoms. The number of aromatic amines is 1. The molecule has 4 heterocycles. The molecule has 32 heavy (non-hydrogen) atoms. The van der Waals surface area contributed by atoms with Gasteiger partial charge in [0, 0.05) is 48.2 Å². The number of hydrogen-bond donors (Lipinski definition) is 3. The lowest BCUT2D eigenvalue weighted by Gasteiger charge is -2.35. The van der Waals surface area contributed by atoms with E-state index in [1.165, 1.54) is 18.3 Å². The molecule has 1 aromatic carbocycles. The minimum absolute atomic E-state index is 0.0352. The molecule has 2 aliphatic heterocycles. The second kappa shape index (κ2) is 7.90. The number of fused-ring (bicyclic) bond motifs is 2. The van der Waals surface area contributed by atoms with E-state index in [2.05, 4.69) is 20.5 Å². The van der Waals surface area contributed by atoms with E-state index in [4.69, 9.17) is 9.72 Å². The predicted molar refractivity (Wildman–Crippen MR) is 126 cm³/mol. The number of nitrogens with zero attached hydrogens (tertiary/aromatic N) is 2. The highest BCUT2D eigenvalue weighted by Gasteiger charge is 2.35. The Labute approximate surface area is 190 Å². The van der Waals surface area contributed by atoms with Crippen LogP contribution in [0.5, 0.6) is 0 Å². The first kappa shape index (κ1) is 21.0. The molecule has 2 aliphatic rings. The lowest BCUT2D eigenvalue weighted by atomic mass is 9.94. The molecule has 168 valence electrons. The Morgan fingerprint density at radius 3 is 3.06 bits per heavy atom. The predicted octanol–water partition coefficient (Wildman–Crippen LogP) is 3.10. The number of carbonyl (C=O) groups excluding carboxylic acids is 2.